The number of rotatable bonds is 4. The minimum Gasteiger partial charge on any atom is -0.211 e. The lowest BCUT2D eigenvalue weighted by molar-refractivity contribution is 0.166. The van der Waals surface area contributed by atoms with Crippen LogP contribution in [0.2, 0.25) is 0 Å². The Bertz CT molecular complexity index is 449. The van der Waals surface area contributed by atoms with Crippen molar-refractivity contribution >= 4 is 10.0 Å². The Morgan fingerprint density at radius 2 is 1.88 bits per heavy atom. The van der Waals surface area contributed by atoms with Crippen LogP contribution in [0.5, 0.6) is 0 Å². The van der Waals surface area contributed by atoms with Crippen LogP contribution < -0.4 is 4.72 Å². The molecule has 1 saturated carbocycles. The largest absolute Gasteiger partial charge is 0.240 e. The van der Waals surface area contributed by atoms with Gasteiger partial charge in [0.1, 0.15) is 0 Å². The van der Waals surface area contributed by atoms with Crippen molar-refractivity contribution in [2.24, 2.45) is 5.41 Å². The Balaban J connectivity index is 2.04. The van der Waals surface area contributed by atoms with E-state index in [1.807, 2.05) is 6.07 Å². The first-order valence-corrected chi connectivity index (χ1v) is 7.05. The zero-order valence-corrected chi connectivity index (χ0v) is 10.3. The fraction of sp³-hybridized carbons (Fsp3) is 0.500. The van der Waals surface area contributed by atoms with E-state index in [2.05, 4.69) is 11.6 Å². The van der Waals surface area contributed by atoms with Crippen molar-refractivity contribution in [2.45, 2.75) is 31.1 Å². The van der Waals surface area contributed by atoms with E-state index in [0.29, 0.717) is 11.4 Å². The minimum atomic E-state index is -3.32. The lowest BCUT2D eigenvalue weighted by Gasteiger charge is -2.38. The highest BCUT2D eigenvalue weighted by Crippen LogP contribution is 2.39. The molecule has 0 atom stereocenters. The molecule has 0 bridgehead atoms. The molecule has 1 aromatic rings. The van der Waals surface area contributed by atoms with E-state index in [1.54, 1.807) is 24.3 Å². The van der Waals surface area contributed by atoms with Gasteiger partial charge in [-0.3, -0.25) is 0 Å². The quantitative estimate of drug-likeness (QED) is 0.875. The molecule has 0 radical (unpaired) electrons. The molecule has 16 heavy (non-hydrogen) atoms. The Hall–Kier alpha value is -0.870. The second kappa shape index (κ2) is 4.18. The first-order valence-electron chi connectivity index (χ1n) is 5.57. The van der Waals surface area contributed by atoms with Crippen LogP contribution in [0.15, 0.2) is 35.2 Å². The lowest BCUT2D eigenvalue weighted by atomic mass is 9.71. The number of sulfonamides is 1. The third-order valence-corrected chi connectivity index (χ3v) is 4.72. The van der Waals surface area contributed by atoms with E-state index in [9.17, 15) is 8.42 Å². The molecule has 0 aliphatic heterocycles. The number of benzene rings is 1. The highest BCUT2D eigenvalue weighted by atomic mass is 32.2. The van der Waals surface area contributed by atoms with Gasteiger partial charge in [-0.1, -0.05) is 31.5 Å². The third kappa shape index (κ3) is 2.44. The fourth-order valence-corrected chi connectivity index (χ4v) is 3.13. The van der Waals surface area contributed by atoms with Crippen molar-refractivity contribution < 1.29 is 8.42 Å². The summed E-state index contributed by atoms with van der Waals surface area (Å²) in [6.45, 7) is 2.67. The molecule has 0 amide bonds. The van der Waals surface area contributed by atoms with Crippen molar-refractivity contribution in [3.8, 4) is 0 Å². The van der Waals surface area contributed by atoms with E-state index in [0.717, 1.165) is 12.8 Å². The molecule has 0 spiro atoms. The van der Waals surface area contributed by atoms with Crippen molar-refractivity contribution in [2.75, 3.05) is 6.54 Å². The summed E-state index contributed by atoms with van der Waals surface area (Å²) in [7, 11) is -3.32. The highest BCUT2D eigenvalue weighted by molar-refractivity contribution is 7.89. The van der Waals surface area contributed by atoms with E-state index < -0.39 is 10.0 Å². The summed E-state index contributed by atoms with van der Waals surface area (Å²) >= 11 is 0. The summed E-state index contributed by atoms with van der Waals surface area (Å²) in [5.41, 5.74) is 0.169. The maximum atomic E-state index is 11.9. The van der Waals surface area contributed by atoms with Crippen LogP contribution in [0.25, 0.3) is 0 Å². The molecule has 2 rings (SSSR count). The second-order valence-electron chi connectivity index (χ2n) is 4.80. The lowest BCUT2D eigenvalue weighted by Crippen LogP contribution is -2.39. The van der Waals surface area contributed by atoms with E-state index in [4.69, 9.17) is 0 Å². The predicted molar refractivity (Wildman–Crippen MR) is 63.6 cm³/mol. The summed E-state index contributed by atoms with van der Waals surface area (Å²) in [5, 5.41) is 0. The normalized spacial score (nSPS) is 19.1. The van der Waals surface area contributed by atoms with Crippen molar-refractivity contribution in [3.05, 3.63) is 30.3 Å². The van der Waals surface area contributed by atoms with Gasteiger partial charge < -0.3 is 0 Å². The predicted octanol–water partition coefficient (Wildman–Crippen LogP) is 2.16. The summed E-state index contributed by atoms with van der Waals surface area (Å²) in [6, 6.07) is 8.52. The van der Waals surface area contributed by atoms with Gasteiger partial charge in [-0.15, -0.1) is 0 Å². The topological polar surface area (TPSA) is 46.2 Å². The standard InChI is InChI=1S/C12H17NO2S/c1-12(8-5-9-12)10-13-16(14,15)11-6-3-2-4-7-11/h2-4,6-7,13H,5,8-10H2,1H3. The summed E-state index contributed by atoms with van der Waals surface area (Å²) in [5.74, 6) is 0. The summed E-state index contributed by atoms with van der Waals surface area (Å²) < 4.78 is 26.5. The average molecular weight is 239 g/mol. The molecule has 1 aromatic carbocycles. The Morgan fingerprint density at radius 1 is 1.25 bits per heavy atom. The van der Waals surface area contributed by atoms with Crippen molar-refractivity contribution in [1.29, 1.82) is 0 Å². The average Bonchev–Trinajstić information content (AvgIpc) is 2.25. The Labute approximate surface area is 96.9 Å². The van der Waals surface area contributed by atoms with Gasteiger partial charge in [0.2, 0.25) is 10.0 Å². The highest BCUT2D eigenvalue weighted by Gasteiger charge is 2.32. The van der Waals surface area contributed by atoms with E-state index >= 15 is 0 Å². The van der Waals surface area contributed by atoms with Crippen molar-refractivity contribution in [1.82, 2.24) is 4.72 Å². The first kappa shape index (κ1) is 11.6. The van der Waals surface area contributed by atoms with Gasteiger partial charge in [-0.25, -0.2) is 13.1 Å². The molecular formula is C12H17NO2S. The molecule has 1 N–H and O–H groups in total. The van der Waals surface area contributed by atoms with Gasteiger partial charge in [0.15, 0.2) is 0 Å². The molecule has 4 heteroatoms. The van der Waals surface area contributed by atoms with E-state index in [-0.39, 0.29) is 5.41 Å². The SMILES string of the molecule is CC1(CNS(=O)(=O)c2ccccc2)CCC1. The molecule has 3 nitrogen and oxygen atoms in total. The zero-order valence-electron chi connectivity index (χ0n) is 9.44. The minimum absolute atomic E-state index is 0.169. The summed E-state index contributed by atoms with van der Waals surface area (Å²) in [6.07, 6.45) is 3.44. The van der Waals surface area contributed by atoms with Crippen molar-refractivity contribution in [3.63, 3.8) is 0 Å². The van der Waals surface area contributed by atoms with Crippen LogP contribution in [0.3, 0.4) is 0 Å². The number of hydrogen-bond acceptors (Lipinski definition) is 2. The number of hydrogen-bond donors (Lipinski definition) is 1. The van der Waals surface area contributed by atoms with Crippen LogP contribution >= 0.6 is 0 Å². The van der Waals surface area contributed by atoms with Gasteiger partial charge in [0.05, 0.1) is 4.90 Å². The maximum absolute atomic E-state index is 11.9. The van der Waals surface area contributed by atoms with E-state index in [1.165, 1.54) is 6.42 Å². The summed E-state index contributed by atoms with van der Waals surface area (Å²) in [4.78, 5) is 0.345. The maximum Gasteiger partial charge on any atom is 0.240 e. The van der Waals surface area contributed by atoms with Crippen LogP contribution in [-0.4, -0.2) is 15.0 Å². The van der Waals surface area contributed by atoms with Gasteiger partial charge >= 0.3 is 0 Å². The number of nitrogens with one attached hydrogen (secondary N) is 1. The van der Waals surface area contributed by atoms with Crippen LogP contribution in [0.4, 0.5) is 0 Å². The molecular weight excluding hydrogens is 222 g/mol. The third-order valence-electron chi connectivity index (χ3n) is 3.30. The molecule has 1 aliphatic rings. The van der Waals surface area contributed by atoms with Crippen LogP contribution in [0.1, 0.15) is 26.2 Å². The molecule has 0 saturated heterocycles. The Kier molecular flexibility index (Phi) is 3.04. The Morgan fingerprint density at radius 3 is 2.38 bits per heavy atom. The smallest absolute Gasteiger partial charge is 0.211 e. The molecule has 1 aliphatic carbocycles. The van der Waals surface area contributed by atoms with Gasteiger partial charge in [0, 0.05) is 6.54 Å². The fourth-order valence-electron chi connectivity index (χ4n) is 1.91. The molecule has 1 fully saturated rings. The molecule has 88 valence electrons. The monoisotopic (exact) mass is 239 g/mol. The molecule has 0 aromatic heterocycles. The van der Waals surface area contributed by atoms with Crippen LogP contribution in [-0.2, 0) is 10.0 Å². The van der Waals surface area contributed by atoms with Gasteiger partial charge in [0.25, 0.3) is 0 Å². The van der Waals surface area contributed by atoms with Gasteiger partial charge in [-0.2, -0.15) is 0 Å². The van der Waals surface area contributed by atoms with Gasteiger partial charge in [-0.05, 0) is 30.4 Å². The second-order valence-corrected chi connectivity index (χ2v) is 6.57. The zero-order chi connectivity index (χ0) is 11.6. The van der Waals surface area contributed by atoms with Crippen LogP contribution in [0, 0.1) is 5.41 Å². The molecule has 0 unspecified atom stereocenters. The first-order chi connectivity index (χ1) is 7.52. The molecule has 0 heterocycles.